The van der Waals surface area contributed by atoms with Crippen LogP contribution in [-0.4, -0.2) is 48.1 Å². The van der Waals surface area contributed by atoms with Crippen molar-refractivity contribution in [2.45, 2.75) is 42.2 Å². The van der Waals surface area contributed by atoms with E-state index in [0.29, 0.717) is 31.2 Å². The van der Waals surface area contributed by atoms with Gasteiger partial charge in [0.15, 0.2) is 9.84 Å². The Morgan fingerprint density at radius 1 is 1.18 bits per heavy atom. The molecule has 0 unspecified atom stereocenters. The maximum absolute atomic E-state index is 12.7. The number of fused-ring (bicyclic) bond motifs is 2. The van der Waals surface area contributed by atoms with Crippen molar-refractivity contribution in [3.05, 3.63) is 29.8 Å². The molecule has 2 fully saturated rings. The molecule has 2 bridgehead atoms. The number of benzene rings is 1. The zero-order valence-electron chi connectivity index (χ0n) is 12.2. The van der Waals surface area contributed by atoms with Gasteiger partial charge in [-0.1, -0.05) is 0 Å². The highest BCUT2D eigenvalue weighted by atomic mass is 32.2. The van der Waals surface area contributed by atoms with Crippen molar-refractivity contribution >= 4 is 21.7 Å². The van der Waals surface area contributed by atoms with Crippen LogP contribution < -0.4 is 0 Å². The van der Waals surface area contributed by atoms with Crippen molar-refractivity contribution in [3.8, 4) is 0 Å². The lowest BCUT2D eigenvalue weighted by Gasteiger charge is -2.30. The smallest absolute Gasteiger partial charge is 0.329 e. The van der Waals surface area contributed by atoms with E-state index in [1.807, 2.05) is 0 Å². The van der Waals surface area contributed by atoms with E-state index in [1.165, 1.54) is 29.2 Å². The van der Waals surface area contributed by atoms with Gasteiger partial charge in [0.1, 0.15) is 5.54 Å². The molecule has 6 nitrogen and oxygen atoms in total. The Hall–Kier alpha value is -1.89. The van der Waals surface area contributed by atoms with Crippen LogP contribution in [-0.2, 0) is 14.6 Å². The summed E-state index contributed by atoms with van der Waals surface area (Å²) in [5.41, 5.74) is -0.760. The van der Waals surface area contributed by atoms with Crippen LogP contribution in [0.5, 0.6) is 0 Å². The second kappa shape index (κ2) is 4.81. The minimum atomic E-state index is -3.32. The monoisotopic (exact) mass is 323 g/mol. The summed E-state index contributed by atoms with van der Waals surface area (Å²) in [6.45, 7) is 0. The summed E-state index contributed by atoms with van der Waals surface area (Å²) >= 11 is 0. The van der Waals surface area contributed by atoms with E-state index >= 15 is 0 Å². The molecule has 0 saturated carbocycles. The minimum absolute atomic E-state index is 0.0295. The Bertz CT molecular complexity index is 730. The first kappa shape index (κ1) is 15.0. The first-order chi connectivity index (χ1) is 10.3. The van der Waals surface area contributed by atoms with Gasteiger partial charge in [-0.15, -0.1) is 0 Å². The van der Waals surface area contributed by atoms with Gasteiger partial charge in [-0.25, -0.2) is 13.2 Å². The molecule has 1 aromatic rings. The number of nitrogens with zero attached hydrogens (tertiary/aromatic N) is 1. The van der Waals surface area contributed by atoms with Crippen LogP contribution in [0.1, 0.15) is 36.0 Å². The number of carbonyl (C=O) groups excluding carboxylic acids is 1. The Balaban J connectivity index is 1.93. The summed E-state index contributed by atoms with van der Waals surface area (Å²) in [6.07, 6.45) is 3.49. The molecule has 1 N–H and O–H groups in total. The van der Waals surface area contributed by atoms with Crippen LogP contribution in [0.3, 0.4) is 0 Å². The molecule has 2 aliphatic rings. The number of rotatable bonds is 3. The fourth-order valence-electron chi connectivity index (χ4n) is 3.59. The van der Waals surface area contributed by atoms with Crippen LogP contribution >= 0.6 is 0 Å². The number of carbonyl (C=O) groups is 2. The largest absolute Gasteiger partial charge is 0.479 e. The normalized spacial score (nSPS) is 27.1. The average Bonchev–Trinajstić information content (AvgIpc) is 3.02. The van der Waals surface area contributed by atoms with Crippen LogP contribution in [0, 0.1) is 0 Å². The van der Waals surface area contributed by atoms with Gasteiger partial charge >= 0.3 is 5.97 Å². The van der Waals surface area contributed by atoms with Crippen LogP contribution in [0.15, 0.2) is 29.2 Å². The summed E-state index contributed by atoms with van der Waals surface area (Å²) in [5.74, 6) is -1.28. The number of carboxylic acid groups (broad SMARTS) is 1. The van der Waals surface area contributed by atoms with E-state index in [0.717, 1.165) is 6.26 Å². The molecule has 0 atom stereocenters. The Morgan fingerprint density at radius 2 is 1.73 bits per heavy atom. The third-order valence-electron chi connectivity index (χ3n) is 4.75. The maximum Gasteiger partial charge on any atom is 0.329 e. The zero-order chi connectivity index (χ0) is 16.1. The number of hydrogen-bond acceptors (Lipinski definition) is 4. The zero-order valence-corrected chi connectivity index (χ0v) is 13.0. The van der Waals surface area contributed by atoms with Gasteiger partial charge in [0, 0.05) is 17.9 Å². The Labute approximate surface area is 128 Å². The second-order valence-corrected chi connectivity index (χ2v) is 8.06. The standard InChI is InChI=1S/C15H17NO5S/c1-22(20,21)12-4-2-10(3-5-12)13(17)16-11-6-8-15(16,9-7-11)14(18)19/h2-5,11H,6-9H2,1H3,(H,18,19). The molecule has 22 heavy (non-hydrogen) atoms. The average molecular weight is 323 g/mol. The molecule has 0 aliphatic carbocycles. The van der Waals surface area contributed by atoms with Gasteiger partial charge in [0.05, 0.1) is 4.90 Å². The van der Waals surface area contributed by atoms with Gasteiger partial charge < -0.3 is 10.0 Å². The van der Waals surface area contributed by atoms with Crippen LogP contribution in [0.2, 0.25) is 0 Å². The fourth-order valence-corrected chi connectivity index (χ4v) is 4.22. The molecule has 2 heterocycles. The van der Waals surface area contributed by atoms with Crippen molar-refractivity contribution < 1.29 is 23.1 Å². The number of amides is 1. The van der Waals surface area contributed by atoms with Crippen molar-refractivity contribution in [1.82, 2.24) is 4.90 Å². The molecular weight excluding hydrogens is 306 g/mol. The molecule has 3 rings (SSSR count). The predicted octanol–water partition coefficient (Wildman–Crippen LogP) is 1.31. The van der Waals surface area contributed by atoms with E-state index in [4.69, 9.17) is 0 Å². The molecule has 118 valence electrons. The molecule has 0 spiro atoms. The summed E-state index contributed by atoms with van der Waals surface area (Å²) in [5, 5.41) is 9.53. The number of sulfone groups is 1. The Kier molecular flexibility index (Phi) is 3.28. The van der Waals surface area contributed by atoms with Crippen LogP contribution in [0.25, 0.3) is 0 Å². The van der Waals surface area contributed by atoms with Gasteiger partial charge in [-0.2, -0.15) is 0 Å². The maximum atomic E-state index is 12.7. The fraction of sp³-hybridized carbons (Fsp3) is 0.467. The number of aliphatic carboxylic acids is 1. The van der Waals surface area contributed by atoms with Gasteiger partial charge in [0.25, 0.3) is 5.91 Å². The number of hydrogen-bond donors (Lipinski definition) is 1. The van der Waals surface area contributed by atoms with Gasteiger partial charge in [0.2, 0.25) is 0 Å². The van der Waals surface area contributed by atoms with E-state index in [2.05, 4.69) is 0 Å². The first-order valence-electron chi connectivity index (χ1n) is 7.13. The molecule has 0 radical (unpaired) electrons. The summed E-state index contributed by atoms with van der Waals surface area (Å²) in [7, 11) is -3.32. The van der Waals surface area contributed by atoms with Gasteiger partial charge in [-0.3, -0.25) is 4.79 Å². The lowest BCUT2D eigenvalue weighted by atomic mass is 9.88. The highest BCUT2D eigenvalue weighted by molar-refractivity contribution is 7.90. The first-order valence-corrected chi connectivity index (χ1v) is 9.02. The SMILES string of the molecule is CS(=O)(=O)c1ccc(C(=O)N2C3CCC2(C(=O)O)CC3)cc1. The predicted molar refractivity (Wildman–Crippen MR) is 78.3 cm³/mol. The lowest BCUT2D eigenvalue weighted by molar-refractivity contribution is -0.147. The van der Waals surface area contributed by atoms with E-state index in [1.54, 1.807) is 0 Å². The molecule has 2 aliphatic heterocycles. The van der Waals surface area contributed by atoms with E-state index < -0.39 is 21.3 Å². The van der Waals surface area contributed by atoms with Crippen molar-refractivity contribution in [2.24, 2.45) is 0 Å². The Morgan fingerprint density at radius 3 is 2.18 bits per heavy atom. The second-order valence-electron chi connectivity index (χ2n) is 6.04. The summed E-state index contributed by atoms with van der Waals surface area (Å²) < 4.78 is 22.9. The molecule has 1 aromatic carbocycles. The van der Waals surface area contributed by atoms with Crippen LogP contribution in [0.4, 0.5) is 0 Å². The van der Waals surface area contributed by atoms with Gasteiger partial charge in [-0.05, 0) is 49.9 Å². The van der Waals surface area contributed by atoms with Crippen molar-refractivity contribution in [2.75, 3.05) is 6.26 Å². The van der Waals surface area contributed by atoms with E-state index in [-0.39, 0.29) is 16.8 Å². The summed E-state index contributed by atoms with van der Waals surface area (Å²) in [4.78, 5) is 26.0. The third kappa shape index (κ3) is 2.11. The topological polar surface area (TPSA) is 91.8 Å². The highest BCUT2D eigenvalue weighted by Gasteiger charge is 2.58. The minimum Gasteiger partial charge on any atom is -0.479 e. The lowest BCUT2D eigenvalue weighted by Crippen LogP contribution is -2.50. The number of carboxylic acids is 1. The molecule has 0 aromatic heterocycles. The molecular formula is C15H17NO5S. The molecule has 1 amide bonds. The molecule has 7 heteroatoms. The highest BCUT2D eigenvalue weighted by Crippen LogP contribution is 2.47. The quantitative estimate of drug-likeness (QED) is 0.905. The van der Waals surface area contributed by atoms with Crippen molar-refractivity contribution in [1.29, 1.82) is 0 Å². The van der Waals surface area contributed by atoms with E-state index in [9.17, 15) is 23.1 Å². The van der Waals surface area contributed by atoms with Crippen molar-refractivity contribution in [3.63, 3.8) is 0 Å². The summed E-state index contributed by atoms with van der Waals surface area (Å²) in [6, 6.07) is 5.64. The molecule has 2 saturated heterocycles. The third-order valence-corrected chi connectivity index (χ3v) is 5.88.